The fraction of sp³-hybridized carbons (Fsp3) is 0.250. The van der Waals surface area contributed by atoms with Gasteiger partial charge in [0.05, 0.1) is 27.5 Å². The van der Waals surface area contributed by atoms with Crippen molar-refractivity contribution in [3.63, 3.8) is 0 Å². The number of hydrogen-bond donors (Lipinski definition) is 1. The van der Waals surface area contributed by atoms with Crippen molar-refractivity contribution in [1.29, 1.82) is 0 Å². The van der Waals surface area contributed by atoms with Crippen molar-refractivity contribution in [2.75, 3.05) is 21.3 Å². The Morgan fingerprint density at radius 2 is 1.86 bits per heavy atom. The molecule has 1 atom stereocenters. The third-order valence-corrected chi connectivity index (χ3v) is 2.88. The van der Waals surface area contributed by atoms with Crippen LogP contribution >= 0.6 is 0 Å². The van der Waals surface area contributed by atoms with Crippen LogP contribution in [0, 0.1) is 11.8 Å². The minimum atomic E-state index is -0.997. The number of aliphatic hydroxyl groups is 1. The Balaban J connectivity index is 2.30. The smallest absolute Gasteiger partial charge is 0.319 e. The van der Waals surface area contributed by atoms with E-state index in [0.717, 1.165) is 0 Å². The summed E-state index contributed by atoms with van der Waals surface area (Å²) in [5.74, 6) is 6.39. The van der Waals surface area contributed by atoms with Gasteiger partial charge in [-0.05, 0) is 6.07 Å². The van der Waals surface area contributed by atoms with Gasteiger partial charge < -0.3 is 19.3 Å². The molecule has 0 bridgehead atoms. The summed E-state index contributed by atoms with van der Waals surface area (Å²) < 4.78 is 15.3. The van der Waals surface area contributed by atoms with Crippen molar-refractivity contribution in [2.24, 2.45) is 0 Å². The Kier molecular flexibility index (Phi) is 5.17. The van der Waals surface area contributed by atoms with Gasteiger partial charge in [0.2, 0.25) is 5.88 Å². The molecule has 0 saturated carbocycles. The van der Waals surface area contributed by atoms with E-state index in [0.29, 0.717) is 16.9 Å². The highest BCUT2D eigenvalue weighted by Crippen LogP contribution is 2.24. The van der Waals surface area contributed by atoms with E-state index < -0.39 is 6.10 Å². The van der Waals surface area contributed by atoms with Crippen LogP contribution in [0.2, 0.25) is 0 Å². The van der Waals surface area contributed by atoms with Crippen LogP contribution in [0.3, 0.4) is 0 Å². The van der Waals surface area contributed by atoms with Gasteiger partial charge in [-0.2, -0.15) is 4.98 Å². The molecule has 0 aliphatic heterocycles. The fourth-order valence-corrected chi connectivity index (χ4v) is 1.81. The van der Waals surface area contributed by atoms with E-state index in [-0.39, 0.29) is 11.9 Å². The number of benzene rings is 1. The van der Waals surface area contributed by atoms with Gasteiger partial charge in [0.15, 0.2) is 0 Å². The van der Waals surface area contributed by atoms with E-state index >= 15 is 0 Å². The van der Waals surface area contributed by atoms with E-state index in [1.807, 2.05) is 6.07 Å². The highest BCUT2D eigenvalue weighted by molar-refractivity contribution is 5.44. The highest BCUT2D eigenvalue weighted by atomic mass is 16.5. The predicted octanol–water partition coefficient (Wildman–Crippen LogP) is 1.59. The monoisotopic (exact) mass is 300 g/mol. The summed E-state index contributed by atoms with van der Waals surface area (Å²) in [6.07, 6.45) is 0.482. The summed E-state index contributed by atoms with van der Waals surface area (Å²) in [7, 11) is 4.48. The normalized spacial score (nSPS) is 11.1. The SMILES string of the molecule is COc1ncc(C#CC(O)c2ccccc2OC)c(OC)n1. The number of para-hydroxylation sites is 1. The molecule has 1 N–H and O–H groups in total. The summed E-state index contributed by atoms with van der Waals surface area (Å²) in [6, 6.07) is 7.33. The number of hydrogen-bond acceptors (Lipinski definition) is 6. The standard InChI is InChI=1S/C16H16N2O4/c1-20-14-7-5-4-6-12(14)13(19)9-8-11-10-17-16(22-3)18-15(11)21-2/h4-7,10,13,19H,1-3H3. The van der Waals surface area contributed by atoms with Gasteiger partial charge in [-0.15, -0.1) is 0 Å². The molecule has 22 heavy (non-hydrogen) atoms. The minimum absolute atomic E-state index is 0.188. The Bertz CT molecular complexity index is 707. The second-order valence-electron chi connectivity index (χ2n) is 4.19. The highest BCUT2D eigenvalue weighted by Gasteiger charge is 2.10. The summed E-state index contributed by atoms with van der Waals surface area (Å²) >= 11 is 0. The molecule has 0 aliphatic carbocycles. The van der Waals surface area contributed by atoms with Crippen LogP contribution in [0.5, 0.6) is 17.6 Å². The molecule has 0 aliphatic rings. The van der Waals surface area contributed by atoms with E-state index in [2.05, 4.69) is 21.8 Å². The molecular weight excluding hydrogens is 284 g/mol. The number of methoxy groups -OCH3 is 3. The van der Waals surface area contributed by atoms with Gasteiger partial charge >= 0.3 is 6.01 Å². The molecule has 2 aromatic rings. The first-order valence-electron chi connectivity index (χ1n) is 6.47. The van der Waals surface area contributed by atoms with Gasteiger partial charge in [0.1, 0.15) is 17.4 Å². The average molecular weight is 300 g/mol. The third-order valence-electron chi connectivity index (χ3n) is 2.88. The Hall–Kier alpha value is -2.78. The van der Waals surface area contributed by atoms with E-state index in [1.165, 1.54) is 20.4 Å². The van der Waals surface area contributed by atoms with Crippen molar-refractivity contribution >= 4 is 0 Å². The molecule has 0 radical (unpaired) electrons. The van der Waals surface area contributed by atoms with Crippen LogP contribution in [-0.4, -0.2) is 36.4 Å². The van der Waals surface area contributed by atoms with Gasteiger partial charge in [-0.25, -0.2) is 4.98 Å². The number of aromatic nitrogens is 2. The minimum Gasteiger partial charge on any atom is -0.496 e. The van der Waals surface area contributed by atoms with Crippen molar-refractivity contribution in [1.82, 2.24) is 9.97 Å². The van der Waals surface area contributed by atoms with Crippen molar-refractivity contribution in [3.05, 3.63) is 41.6 Å². The first-order chi connectivity index (χ1) is 10.7. The maximum atomic E-state index is 10.2. The molecule has 1 heterocycles. The summed E-state index contributed by atoms with van der Waals surface area (Å²) in [4.78, 5) is 8.00. The lowest BCUT2D eigenvalue weighted by Crippen LogP contribution is -1.99. The number of nitrogens with zero attached hydrogens (tertiary/aromatic N) is 2. The quantitative estimate of drug-likeness (QED) is 0.864. The van der Waals surface area contributed by atoms with Gasteiger partial charge in [0.25, 0.3) is 0 Å². The Morgan fingerprint density at radius 1 is 1.09 bits per heavy atom. The van der Waals surface area contributed by atoms with Gasteiger partial charge in [0, 0.05) is 5.56 Å². The predicted molar refractivity (Wildman–Crippen MR) is 80.0 cm³/mol. The topological polar surface area (TPSA) is 73.7 Å². The van der Waals surface area contributed by atoms with Crippen LogP contribution in [0.15, 0.2) is 30.5 Å². The maximum absolute atomic E-state index is 10.2. The summed E-state index contributed by atoms with van der Waals surface area (Å²) in [5.41, 5.74) is 1.04. The zero-order valence-electron chi connectivity index (χ0n) is 12.5. The largest absolute Gasteiger partial charge is 0.496 e. The molecule has 6 nitrogen and oxygen atoms in total. The lowest BCUT2D eigenvalue weighted by Gasteiger charge is -2.09. The van der Waals surface area contributed by atoms with Crippen LogP contribution in [0.4, 0.5) is 0 Å². The molecule has 0 fully saturated rings. The summed E-state index contributed by atoms with van der Waals surface area (Å²) in [6.45, 7) is 0. The first kappa shape index (κ1) is 15.6. The molecule has 1 unspecified atom stereocenters. The second-order valence-corrected chi connectivity index (χ2v) is 4.19. The summed E-state index contributed by atoms with van der Waals surface area (Å²) in [5, 5.41) is 10.2. The zero-order valence-corrected chi connectivity index (χ0v) is 12.5. The molecule has 6 heteroatoms. The van der Waals surface area contributed by atoms with E-state index in [9.17, 15) is 5.11 Å². The molecule has 0 spiro atoms. The molecule has 1 aromatic carbocycles. The number of aliphatic hydroxyl groups excluding tert-OH is 1. The van der Waals surface area contributed by atoms with Gasteiger partial charge in [-0.3, -0.25) is 0 Å². The van der Waals surface area contributed by atoms with Crippen molar-refractivity contribution in [2.45, 2.75) is 6.10 Å². The molecule has 114 valence electrons. The number of rotatable bonds is 4. The Labute approximate surface area is 128 Å². The third kappa shape index (κ3) is 3.45. The molecular formula is C16H16N2O4. The maximum Gasteiger partial charge on any atom is 0.319 e. The molecule has 0 amide bonds. The molecule has 1 aromatic heterocycles. The van der Waals surface area contributed by atoms with E-state index in [4.69, 9.17) is 14.2 Å². The van der Waals surface area contributed by atoms with E-state index in [1.54, 1.807) is 25.3 Å². The van der Waals surface area contributed by atoms with Crippen LogP contribution in [-0.2, 0) is 0 Å². The fourth-order valence-electron chi connectivity index (χ4n) is 1.81. The second kappa shape index (κ2) is 7.29. The molecule has 0 saturated heterocycles. The van der Waals surface area contributed by atoms with Crippen LogP contribution in [0.25, 0.3) is 0 Å². The molecule has 2 rings (SSSR count). The lowest BCUT2D eigenvalue weighted by atomic mass is 10.1. The number of ether oxygens (including phenoxy) is 3. The lowest BCUT2D eigenvalue weighted by molar-refractivity contribution is 0.232. The average Bonchev–Trinajstić information content (AvgIpc) is 2.59. The van der Waals surface area contributed by atoms with Crippen LogP contribution in [0.1, 0.15) is 17.2 Å². The van der Waals surface area contributed by atoms with Crippen LogP contribution < -0.4 is 14.2 Å². The first-order valence-corrected chi connectivity index (χ1v) is 6.47. The zero-order chi connectivity index (χ0) is 15.9. The van der Waals surface area contributed by atoms with Crippen molar-refractivity contribution in [3.8, 4) is 29.5 Å². The van der Waals surface area contributed by atoms with Crippen molar-refractivity contribution < 1.29 is 19.3 Å². The van der Waals surface area contributed by atoms with Gasteiger partial charge in [-0.1, -0.05) is 30.0 Å². The Morgan fingerprint density at radius 3 is 2.55 bits per heavy atom.